The van der Waals surface area contributed by atoms with Crippen molar-refractivity contribution in [3.8, 4) is 0 Å². The maximum absolute atomic E-state index is 12.2. The summed E-state index contributed by atoms with van der Waals surface area (Å²) in [5.74, 6) is -1.000. The van der Waals surface area contributed by atoms with Crippen LogP contribution in [0.25, 0.3) is 0 Å². The molecule has 1 aromatic carbocycles. The number of H-pyrrole nitrogens is 1. The van der Waals surface area contributed by atoms with Crippen LogP contribution in [0.15, 0.2) is 30.3 Å². The van der Waals surface area contributed by atoms with Gasteiger partial charge in [0.05, 0.1) is 6.61 Å². The number of rotatable bonds is 6. The number of benzene rings is 1. The monoisotopic (exact) mass is 376 g/mol. The fraction of sp³-hybridized carbons (Fsp3) is 0.444. The van der Waals surface area contributed by atoms with Crippen molar-refractivity contribution in [1.82, 2.24) is 20.5 Å². The first-order valence-electron chi connectivity index (χ1n) is 8.51. The number of aliphatic hydroxyl groups is 1. The third-order valence-corrected chi connectivity index (χ3v) is 3.36. The van der Waals surface area contributed by atoms with Crippen LogP contribution in [0.3, 0.4) is 0 Å². The number of carbonyl (C=O) groups is 2. The third-order valence-electron chi connectivity index (χ3n) is 3.36. The van der Waals surface area contributed by atoms with Gasteiger partial charge in [-0.1, -0.05) is 30.3 Å². The SMILES string of the molecule is CCOC(=O)c1nnc([C@@](O)(Cc2ccccc2)NC(=O)OC(C)(C)C)[nH]1. The molecule has 0 saturated carbocycles. The number of alkyl carbamates (subject to hydrolysis) is 1. The summed E-state index contributed by atoms with van der Waals surface area (Å²) in [7, 11) is 0. The number of nitrogens with one attached hydrogen (secondary N) is 2. The standard InChI is InChI=1S/C18H24N4O5/c1-5-26-14(23)13-19-15(22-21-13)18(25,11-12-9-7-6-8-10-12)20-16(24)27-17(2,3)4/h6-10,25H,5,11H2,1-4H3,(H,20,24)(H,19,21,22)/t18-/m0/s1. The van der Waals surface area contributed by atoms with Crippen LogP contribution >= 0.6 is 0 Å². The summed E-state index contributed by atoms with van der Waals surface area (Å²) in [6.45, 7) is 6.94. The van der Waals surface area contributed by atoms with E-state index in [0.29, 0.717) is 0 Å². The Kier molecular flexibility index (Phi) is 6.17. The smallest absolute Gasteiger partial charge is 0.410 e. The summed E-state index contributed by atoms with van der Waals surface area (Å²) in [5, 5.41) is 21.0. The van der Waals surface area contributed by atoms with Gasteiger partial charge in [-0.3, -0.25) is 5.32 Å². The Balaban J connectivity index is 2.31. The zero-order chi connectivity index (χ0) is 20.1. The lowest BCUT2D eigenvalue weighted by Gasteiger charge is -2.29. The van der Waals surface area contributed by atoms with Crippen LogP contribution in [0.1, 0.15) is 49.7 Å². The number of nitrogens with zero attached hydrogens (tertiary/aromatic N) is 2. The van der Waals surface area contributed by atoms with E-state index in [4.69, 9.17) is 9.47 Å². The first kappa shape index (κ1) is 20.4. The fourth-order valence-corrected chi connectivity index (χ4v) is 2.29. The molecule has 0 aliphatic heterocycles. The van der Waals surface area contributed by atoms with Crippen molar-refractivity contribution in [3.05, 3.63) is 47.5 Å². The third kappa shape index (κ3) is 5.78. The Morgan fingerprint density at radius 3 is 2.44 bits per heavy atom. The quantitative estimate of drug-likeness (QED) is 0.519. The number of hydrogen-bond acceptors (Lipinski definition) is 7. The molecule has 0 fully saturated rings. The highest BCUT2D eigenvalue weighted by Crippen LogP contribution is 2.21. The van der Waals surface area contributed by atoms with E-state index in [9.17, 15) is 14.7 Å². The van der Waals surface area contributed by atoms with Crippen LogP contribution in [-0.4, -0.2) is 44.6 Å². The van der Waals surface area contributed by atoms with E-state index in [1.54, 1.807) is 52.0 Å². The van der Waals surface area contributed by atoms with Crippen LogP contribution < -0.4 is 5.32 Å². The first-order chi connectivity index (χ1) is 12.6. The van der Waals surface area contributed by atoms with Gasteiger partial charge >= 0.3 is 12.1 Å². The molecule has 0 bridgehead atoms. The number of esters is 1. The van der Waals surface area contributed by atoms with Crippen LogP contribution in [0.4, 0.5) is 4.79 Å². The number of aromatic nitrogens is 3. The normalized spacial score (nSPS) is 13.5. The van der Waals surface area contributed by atoms with Crippen LogP contribution in [0.2, 0.25) is 0 Å². The molecule has 2 aromatic rings. The number of ether oxygens (including phenoxy) is 2. The molecule has 0 saturated heterocycles. The van der Waals surface area contributed by atoms with Gasteiger partial charge in [0.1, 0.15) is 5.60 Å². The molecule has 1 aromatic heterocycles. The number of amides is 1. The highest BCUT2D eigenvalue weighted by atomic mass is 16.6. The average Bonchev–Trinajstić information content (AvgIpc) is 3.05. The predicted octanol–water partition coefficient (Wildman–Crippen LogP) is 1.89. The Hall–Kier alpha value is -2.94. The van der Waals surface area contributed by atoms with Gasteiger partial charge in [-0.05, 0) is 33.3 Å². The molecule has 0 radical (unpaired) electrons. The van der Waals surface area contributed by atoms with E-state index in [-0.39, 0.29) is 24.7 Å². The van der Waals surface area contributed by atoms with E-state index in [1.807, 2.05) is 6.07 Å². The molecular weight excluding hydrogens is 352 g/mol. The lowest BCUT2D eigenvalue weighted by atomic mass is 10.0. The lowest BCUT2D eigenvalue weighted by molar-refractivity contribution is -0.0232. The van der Waals surface area contributed by atoms with Gasteiger partial charge in [0.15, 0.2) is 5.82 Å². The molecule has 1 atom stereocenters. The van der Waals surface area contributed by atoms with E-state index < -0.39 is 23.4 Å². The van der Waals surface area contributed by atoms with Crippen molar-refractivity contribution in [3.63, 3.8) is 0 Å². The highest BCUT2D eigenvalue weighted by Gasteiger charge is 2.37. The summed E-state index contributed by atoms with van der Waals surface area (Å²) in [4.78, 5) is 26.6. The van der Waals surface area contributed by atoms with Gasteiger partial charge in [0, 0.05) is 6.42 Å². The van der Waals surface area contributed by atoms with E-state index >= 15 is 0 Å². The molecule has 0 spiro atoms. The first-order valence-corrected chi connectivity index (χ1v) is 8.51. The molecule has 2 rings (SSSR count). The number of aromatic amines is 1. The molecule has 1 heterocycles. The van der Waals surface area contributed by atoms with Crippen molar-refractivity contribution in [2.24, 2.45) is 0 Å². The molecule has 9 nitrogen and oxygen atoms in total. The fourth-order valence-electron chi connectivity index (χ4n) is 2.29. The van der Waals surface area contributed by atoms with Gasteiger partial charge in [-0.25, -0.2) is 9.59 Å². The van der Waals surface area contributed by atoms with Crippen LogP contribution in [0.5, 0.6) is 0 Å². The highest BCUT2D eigenvalue weighted by molar-refractivity contribution is 5.85. The Morgan fingerprint density at radius 1 is 1.19 bits per heavy atom. The molecule has 0 aliphatic rings. The molecule has 27 heavy (non-hydrogen) atoms. The minimum absolute atomic E-state index is 0.0233. The van der Waals surface area contributed by atoms with E-state index in [0.717, 1.165) is 5.56 Å². The van der Waals surface area contributed by atoms with Gasteiger partial charge in [-0.15, -0.1) is 10.2 Å². The average molecular weight is 376 g/mol. The second kappa shape index (κ2) is 8.17. The number of hydrogen-bond donors (Lipinski definition) is 3. The van der Waals surface area contributed by atoms with Gasteiger partial charge < -0.3 is 19.6 Å². The Morgan fingerprint density at radius 2 is 1.85 bits per heavy atom. The van der Waals surface area contributed by atoms with Gasteiger partial charge in [-0.2, -0.15) is 0 Å². The molecule has 146 valence electrons. The minimum atomic E-state index is -1.97. The van der Waals surface area contributed by atoms with Crippen molar-refractivity contribution in [2.75, 3.05) is 6.61 Å². The lowest BCUT2D eigenvalue weighted by Crippen LogP contribution is -2.50. The van der Waals surface area contributed by atoms with Crippen LogP contribution in [-0.2, 0) is 21.6 Å². The summed E-state index contributed by atoms with van der Waals surface area (Å²) in [6, 6.07) is 8.99. The van der Waals surface area contributed by atoms with Crippen molar-refractivity contribution in [1.29, 1.82) is 0 Å². The molecule has 0 unspecified atom stereocenters. The Bertz CT molecular complexity index is 785. The zero-order valence-electron chi connectivity index (χ0n) is 15.8. The predicted molar refractivity (Wildman–Crippen MR) is 95.8 cm³/mol. The minimum Gasteiger partial charge on any atom is -0.460 e. The Labute approximate surface area is 157 Å². The van der Waals surface area contributed by atoms with Crippen LogP contribution in [0, 0.1) is 0 Å². The van der Waals surface area contributed by atoms with E-state index in [1.165, 1.54) is 0 Å². The second-order valence-corrected chi connectivity index (χ2v) is 6.89. The maximum Gasteiger partial charge on any atom is 0.410 e. The topological polar surface area (TPSA) is 126 Å². The summed E-state index contributed by atoms with van der Waals surface area (Å²) in [5.41, 5.74) is -2.00. The summed E-state index contributed by atoms with van der Waals surface area (Å²) in [6.07, 6.45) is -0.861. The number of carbonyl (C=O) groups excluding carboxylic acids is 2. The second-order valence-electron chi connectivity index (χ2n) is 6.89. The largest absolute Gasteiger partial charge is 0.460 e. The molecule has 0 aliphatic carbocycles. The van der Waals surface area contributed by atoms with Gasteiger partial charge in [0.2, 0.25) is 11.5 Å². The molecule has 9 heteroatoms. The van der Waals surface area contributed by atoms with Crippen molar-refractivity contribution >= 4 is 12.1 Å². The van der Waals surface area contributed by atoms with Crippen molar-refractivity contribution in [2.45, 2.75) is 45.4 Å². The van der Waals surface area contributed by atoms with Gasteiger partial charge in [0.25, 0.3) is 0 Å². The zero-order valence-corrected chi connectivity index (χ0v) is 15.8. The molecule has 3 N–H and O–H groups in total. The molecular formula is C18H24N4O5. The summed E-state index contributed by atoms with van der Waals surface area (Å²) >= 11 is 0. The van der Waals surface area contributed by atoms with E-state index in [2.05, 4.69) is 20.5 Å². The summed E-state index contributed by atoms with van der Waals surface area (Å²) < 4.78 is 10.1. The maximum atomic E-state index is 12.2. The molecule has 1 amide bonds. The van der Waals surface area contributed by atoms with Crippen molar-refractivity contribution < 1.29 is 24.2 Å².